The van der Waals surface area contributed by atoms with Gasteiger partial charge in [0, 0.05) is 24.1 Å². The third kappa shape index (κ3) is 3.73. The average Bonchev–Trinajstić information content (AvgIpc) is 3.03. The molecule has 0 aliphatic heterocycles. The van der Waals surface area contributed by atoms with Crippen molar-refractivity contribution in [3.05, 3.63) is 83.9 Å². The van der Waals surface area contributed by atoms with Crippen molar-refractivity contribution in [3.63, 3.8) is 0 Å². The van der Waals surface area contributed by atoms with Crippen LogP contribution in [-0.2, 0) is 18.3 Å². The lowest BCUT2D eigenvalue weighted by Gasteiger charge is -2.06. The summed E-state index contributed by atoms with van der Waals surface area (Å²) < 4.78 is 1.70. The van der Waals surface area contributed by atoms with Crippen molar-refractivity contribution in [2.75, 3.05) is 5.32 Å². The molecule has 0 bridgehead atoms. The van der Waals surface area contributed by atoms with Gasteiger partial charge in [0.15, 0.2) is 5.82 Å². The molecule has 0 radical (unpaired) electrons. The molecule has 0 saturated carbocycles. The fourth-order valence-corrected chi connectivity index (χ4v) is 3.44. The highest BCUT2D eigenvalue weighted by molar-refractivity contribution is 6.10. The van der Waals surface area contributed by atoms with E-state index in [0.717, 1.165) is 33.3 Å². The van der Waals surface area contributed by atoms with Crippen LogP contribution in [0.4, 0.5) is 5.82 Å². The van der Waals surface area contributed by atoms with E-state index >= 15 is 0 Å². The molecule has 144 valence electrons. The van der Waals surface area contributed by atoms with Gasteiger partial charge < -0.3 is 10.4 Å². The van der Waals surface area contributed by atoms with E-state index in [0.29, 0.717) is 17.8 Å². The normalized spacial score (nSPS) is 11.3. The van der Waals surface area contributed by atoms with Crippen molar-refractivity contribution in [3.8, 4) is 0 Å². The summed E-state index contributed by atoms with van der Waals surface area (Å²) in [4.78, 5) is 23.6. The second-order valence-corrected chi connectivity index (χ2v) is 6.74. The Morgan fingerprint density at radius 2 is 1.86 bits per heavy atom. The van der Waals surface area contributed by atoms with Crippen LogP contribution in [0.1, 0.15) is 15.9 Å². The number of nitrogens with zero attached hydrogens (tertiary/aromatic N) is 2. The van der Waals surface area contributed by atoms with Crippen molar-refractivity contribution in [2.45, 2.75) is 6.42 Å². The van der Waals surface area contributed by atoms with Gasteiger partial charge in [-0.05, 0) is 41.0 Å². The number of carboxylic acid groups (broad SMARTS) is 1. The lowest BCUT2D eigenvalue weighted by molar-refractivity contribution is -0.131. The number of aryl methyl sites for hydroxylation is 1. The maximum Gasteiger partial charge on any atom is 0.327 e. The zero-order chi connectivity index (χ0) is 20.4. The molecule has 0 aliphatic rings. The summed E-state index contributed by atoms with van der Waals surface area (Å²) in [6.07, 6.45) is 3.12. The summed E-state index contributed by atoms with van der Waals surface area (Å²) in [5.74, 6) is -0.778. The maximum absolute atomic E-state index is 12.9. The number of carbonyl (C=O) groups is 2. The molecule has 1 amide bonds. The highest BCUT2D eigenvalue weighted by atomic mass is 16.4. The number of aliphatic carboxylic acids is 1. The number of carbonyl (C=O) groups excluding carboxylic acids is 1. The van der Waals surface area contributed by atoms with Gasteiger partial charge in [-0.2, -0.15) is 5.10 Å². The minimum Gasteiger partial charge on any atom is -0.478 e. The van der Waals surface area contributed by atoms with Gasteiger partial charge in [0.05, 0.1) is 5.52 Å². The van der Waals surface area contributed by atoms with Crippen LogP contribution in [0.5, 0.6) is 0 Å². The molecule has 3 aromatic carbocycles. The fraction of sp³-hybridized carbons (Fsp3) is 0.0870. The first-order chi connectivity index (χ1) is 14.0. The number of rotatable bonds is 5. The van der Waals surface area contributed by atoms with Crippen molar-refractivity contribution in [1.29, 1.82) is 0 Å². The summed E-state index contributed by atoms with van der Waals surface area (Å²) in [5.41, 5.74) is 2.30. The first kappa shape index (κ1) is 18.4. The molecule has 0 saturated heterocycles. The Hall–Kier alpha value is -3.93. The van der Waals surface area contributed by atoms with Gasteiger partial charge in [-0.3, -0.25) is 9.48 Å². The Morgan fingerprint density at radius 1 is 1.07 bits per heavy atom. The van der Waals surface area contributed by atoms with Crippen LogP contribution < -0.4 is 5.32 Å². The van der Waals surface area contributed by atoms with E-state index in [1.165, 1.54) is 0 Å². The Kier molecular flexibility index (Phi) is 4.83. The zero-order valence-electron chi connectivity index (χ0n) is 15.8. The first-order valence-electron chi connectivity index (χ1n) is 9.17. The van der Waals surface area contributed by atoms with Gasteiger partial charge in [-0.1, -0.05) is 48.5 Å². The molecule has 4 aromatic rings. The summed E-state index contributed by atoms with van der Waals surface area (Å²) in [6, 6.07) is 19.1. The third-order valence-electron chi connectivity index (χ3n) is 4.81. The predicted octanol–water partition coefficient (Wildman–Crippen LogP) is 4.16. The number of carboxylic acids is 1. The largest absolute Gasteiger partial charge is 0.478 e. The predicted molar refractivity (Wildman–Crippen MR) is 113 cm³/mol. The number of aromatic nitrogens is 2. The van der Waals surface area contributed by atoms with Crippen molar-refractivity contribution >= 4 is 39.4 Å². The number of amides is 1. The molecule has 1 aromatic heterocycles. The van der Waals surface area contributed by atoms with Crippen LogP contribution in [0, 0.1) is 0 Å². The number of allylic oxidation sites excluding steroid dienone is 1. The van der Waals surface area contributed by atoms with E-state index in [4.69, 9.17) is 5.11 Å². The number of hydrogen-bond donors (Lipinski definition) is 2. The standard InChI is InChI=1S/C23H19N3O3/c1-26-19-10-4-8-16(9-5-11-20(27)28)21(19)22(25-26)24-23(29)18-13-12-15-6-2-3-7-17(15)14-18/h2-8,10-14H,9H2,1H3,(H,27,28)(H,24,25,29)/b11-5+. The molecule has 0 fully saturated rings. The summed E-state index contributed by atoms with van der Waals surface area (Å²) in [6.45, 7) is 0. The smallest absolute Gasteiger partial charge is 0.327 e. The van der Waals surface area contributed by atoms with Crippen LogP contribution in [0.3, 0.4) is 0 Å². The lowest BCUT2D eigenvalue weighted by atomic mass is 10.1. The second kappa shape index (κ2) is 7.59. The molecular formula is C23H19N3O3. The molecule has 6 nitrogen and oxygen atoms in total. The fourth-order valence-electron chi connectivity index (χ4n) is 3.44. The molecule has 2 N–H and O–H groups in total. The molecule has 29 heavy (non-hydrogen) atoms. The van der Waals surface area contributed by atoms with Crippen molar-refractivity contribution in [1.82, 2.24) is 9.78 Å². The van der Waals surface area contributed by atoms with Gasteiger partial charge in [0.1, 0.15) is 0 Å². The summed E-state index contributed by atoms with van der Waals surface area (Å²) >= 11 is 0. The number of fused-ring (bicyclic) bond motifs is 2. The average molecular weight is 385 g/mol. The zero-order valence-corrected chi connectivity index (χ0v) is 15.8. The summed E-state index contributed by atoms with van der Waals surface area (Å²) in [7, 11) is 1.81. The minimum atomic E-state index is -0.992. The highest BCUT2D eigenvalue weighted by Crippen LogP contribution is 2.27. The molecule has 6 heteroatoms. The number of anilines is 1. The van der Waals surface area contributed by atoms with E-state index in [9.17, 15) is 9.59 Å². The van der Waals surface area contributed by atoms with E-state index in [-0.39, 0.29) is 5.91 Å². The molecular weight excluding hydrogens is 366 g/mol. The molecule has 0 unspecified atom stereocenters. The van der Waals surface area contributed by atoms with E-state index in [1.54, 1.807) is 16.8 Å². The van der Waals surface area contributed by atoms with Crippen LogP contribution in [0.25, 0.3) is 21.7 Å². The number of benzene rings is 3. The van der Waals surface area contributed by atoms with Crippen molar-refractivity contribution < 1.29 is 14.7 Å². The second-order valence-electron chi connectivity index (χ2n) is 6.74. The molecule has 4 rings (SSSR count). The first-order valence-corrected chi connectivity index (χ1v) is 9.17. The Labute approximate surface area is 167 Å². The maximum atomic E-state index is 12.9. The van der Waals surface area contributed by atoms with E-state index < -0.39 is 5.97 Å². The van der Waals surface area contributed by atoms with E-state index in [2.05, 4.69) is 10.4 Å². The number of hydrogen-bond acceptors (Lipinski definition) is 3. The topological polar surface area (TPSA) is 84.2 Å². The Balaban J connectivity index is 1.69. The van der Waals surface area contributed by atoms with Gasteiger partial charge in [0.25, 0.3) is 5.91 Å². The van der Waals surface area contributed by atoms with Gasteiger partial charge >= 0.3 is 5.97 Å². The Bertz CT molecular complexity index is 1270. The quantitative estimate of drug-likeness (QED) is 0.505. The van der Waals surface area contributed by atoms with Gasteiger partial charge in [-0.25, -0.2) is 4.79 Å². The van der Waals surface area contributed by atoms with Crippen LogP contribution >= 0.6 is 0 Å². The van der Waals surface area contributed by atoms with Gasteiger partial charge in [-0.15, -0.1) is 0 Å². The highest BCUT2D eigenvalue weighted by Gasteiger charge is 2.16. The molecule has 0 aliphatic carbocycles. The van der Waals surface area contributed by atoms with Crippen molar-refractivity contribution in [2.24, 2.45) is 7.05 Å². The molecule has 0 spiro atoms. The lowest BCUT2D eigenvalue weighted by Crippen LogP contribution is -2.13. The van der Waals surface area contributed by atoms with Crippen LogP contribution in [0.15, 0.2) is 72.8 Å². The third-order valence-corrected chi connectivity index (χ3v) is 4.81. The molecule has 0 atom stereocenters. The van der Waals surface area contributed by atoms with Crippen LogP contribution in [-0.4, -0.2) is 26.8 Å². The Morgan fingerprint density at radius 3 is 2.66 bits per heavy atom. The molecule has 1 heterocycles. The summed E-state index contributed by atoms with van der Waals surface area (Å²) in [5, 5.41) is 19.1. The van der Waals surface area contributed by atoms with Crippen LogP contribution in [0.2, 0.25) is 0 Å². The van der Waals surface area contributed by atoms with E-state index in [1.807, 2.05) is 61.6 Å². The number of nitrogens with one attached hydrogen (secondary N) is 1. The SMILES string of the molecule is Cn1nc(NC(=O)c2ccc3ccccc3c2)c2c(C/C=C/C(=O)O)cccc21. The monoisotopic (exact) mass is 385 g/mol. The van der Waals surface area contributed by atoms with Gasteiger partial charge in [0.2, 0.25) is 0 Å². The minimum absolute atomic E-state index is 0.244.